The number of hydrogen-bond acceptors (Lipinski definition) is 3. The van der Waals surface area contributed by atoms with E-state index in [1.54, 1.807) is 17.0 Å². The molecule has 1 heterocycles. The Labute approximate surface area is 134 Å². The molecule has 6 nitrogen and oxygen atoms in total. The molecule has 1 unspecified atom stereocenters. The van der Waals surface area contributed by atoms with E-state index in [-0.39, 0.29) is 18.0 Å². The maximum Gasteiger partial charge on any atom is 0.318 e. The van der Waals surface area contributed by atoms with Gasteiger partial charge in [0.05, 0.1) is 10.7 Å². The lowest BCUT2D eigenvalue weighted by atomic mass is 10.2. The maximum absolute atomic E-state index is 12.3. The highest BCUT2D eigenvalue weighted by molar-refractivity contribution is 6.33. The van der Waals surface area contributed by atoms with E-state index in [1.807, 2.05) is 12.1 Å². The fourth-order valence-corrected chi connectivity index (χ4v) is 2.73. The van der Waals surface area contributed by atoms with Crippen molar-refractivity contribution >= 4 is 29.2 Å². The summed E-state index contributed by atoms with van der Waals surface area (Å²) in [5.41, 5.74) is 6.08. The number of likely N-dealkylation sites (tertiary alicyclic amines) is 1. The lowest BCUT2D eigenvalue weighted by Crippen LogP contribution is -2.51. The van der Waals surface area contributed by atoms with Crippen LogP contribution in [0.2, 0.25) is 5.02 Å². The minimum Gasteiger partial charge on any atom is -0.335 e. The number of halogens is 1. The molecule has 2 aliphatic rings. The number of nitrogens with one attached hydrogen (secondary N) is 3. The number of para-hydroxylation sites is 1. The van der Waals surface area contributed by atoms with Crippen LogP contribution in [0, 0.1) is 0 Å². The van der Waals surface area contributed by atoms with E-state index in [9.17, 15) is 9.59 Å². The summed E-state index contributed by atoms with van der Waals surface area (Å²) in [4.78, 5) is 26.1. The molecule has 118 valence electrons. The second-order valence-corrected chi connectivity index (χ2v) is 6.08. The average molecular weight is 323 g/mol. The maximum atomic E-state index is 12.3. The topological polar surface area (TPSA) is 73.5 Å². The summed E-state index contributed by atoms with van der Waals surface area (Å²) < 4.78 is 0. The quantitative estimate of drug-likeness (QED) is 0.743. The van der Waals surface area contributed by atoms with Gasteiger partial charge in [-0.15, -0.1) is 0 Å². The third-order valence-electron chi connectivity index (χ3n) is 3.92. The van der Waals surface area contributed by atoms with Crippen LogP contribution < -0.4 is 16.2 Å². The minimum atomic E-state index is -0.436. The molecular weight excluding hydrogens is 304 g/mol. The molecule has 0 spiro atoms. The fraction of sp³-hybridized carbons (Fsp3) is 0.467. The van der Waals surface area contributed by atoms with Gasteiger partial charge < -0.3 is 10.2 Å². The van der Waals surface area contributed by atoms with E-state index < -0.39 is 6.04 Å². The highest BCUT2D eigenvalue weighted by Crippen LogP contribution is 2.23. The van der Waals surface area contributed by atoms with Crippen molar-refractivity contribution in [2.24, 2.45) is 0 Å². The molecule has 1 atom stereocenters. The molecule has 1 aromatic rings. The Kier molecular flexibility index (Phi) is 4.38. The third kappa shape index (κ3) is 3.44. The summed E-state index contributed by atoms with van der Waals surface area (Å²) in [5, 5.41) is 3.45. The summed E-state index contributed by atoms with van der Waals surface area (Å²) in [7, 11) is 0. The van der Waals surface area contributed by atoms with Crippen LogP contribution in [0.4, 0.5) is 10.5 Å². The molecule has 1 aliphatic carbocycles. The smallest absolute Gasteiger partial charge is 0.318 e. The van der Waals surface area contributed by atoms with Crippen molar-refractivity contribution in [1.82, 2.24) is 15.6 Å². The number of anilines is 1. The number of hydrogen-bond donors (Lipinski definition) is 3. The van der Waals surface area contributed by atoms with Gasteiger partial charge in [-0.1, -0.05) is 23.7 Å². The van der Waals surface area contributed by atoms with Crippen LogP contribution in [0.1, 0.15) is 25.7 Å². The van der Waals surface area contributed by atoms with E-state index >= 15 is 0 Å². The molecule has 2 fully saturated rings. The van der Waals surface area contributed by atoms with Gasteiger partial charge in [-0.25, -0.2) is 4.79 Å². The van der Waals surface area contributed by atoms with Crippen LogP contribution in [-0.2, 0) is 4.79 Å². The van der Waals surface area contributed by atoms with Gasteiger partial charge in [0, 0.05) is 12.6 Å². The van der Waals surface area contributed by atoms with Gasteiger partial charge >= 0.3 is 6.03 Å². The zero-order valence-corrected chi connectivity index (χ0v) is 12.9. The minimum absolute atomic E-state index is 0.141. The standard InChI is InChI=1S/C15H19ClN4O2/c16-11-4-1-2-5-12(11)18-19-14(21)13-6-3-9-20(13)15(22)17-10-7-8-10/h1-2,4-5,10,13,18H,3,6-9H2,(H,17,22)(H,19,21). The first-order chi connectivity index (χ1) is 10.6. The molecule has 7 heteroatoms. The van der Waals surface area contributed by atoms with Crippen molar-refractivity contribution in [2.75, 3.05) is 12.0 Å². The number of rotatable bonds is 4. The molecule has 22 heavy (non-hydrogen) atoms. The Balaban J connectivity index is 1.56. The van der Waals surface area contributed by atoms with Gasteiger partial charge in [0.2, 0.25) is 0 Å². The van der Waals surface area contributed by atoms with Gasteiger partial charge in [-0.05, 0) is 37.8 Å². The first-order valence-electron chi connectivity index (χ1n) is 7.52. The molecule has 1 aliphatic heterocycles. The third-order valence-corrected chi connectivity index (χ3v) is 4.25. The first kappa shape index (κ1) is 15.0. The monoisotopic (exact) mass is 322 g/mol. The van der Waals surface area contributed by atoms with Crippen LogP contribution in [0.3, 0.4) is 0 Å². The van der Waals surface area contributed by atoms with Crippen LogP contribution in [0.15, 0.2) is 24.3 Å². The number of amides is 3. The van der Waals surface area contributed by atoms with Crippen molar-refractivity contribution in [2.45, 2.75) is 37.8 Å². The molecule has 0 radical (unpaired) electrons. The van der Waals surface area contributed by atoms with E-state index in [0.29, 0.717) is 23.7 Å². The normalized spacial score (nSPS) is 20.6. The van der Waals surface area contributed by atoms with Gasteiger partial charge in [0.1, 0.15) is 6.04 Å². The van der Waals surface area contributed by atoms with E-state index in [1.165, 1.54) is 0 Å². The zero-order valence-electron chi connectivity index (χ0n) is 12.1. The SMILES string of the molecule is O=C(NNc1ccccc1Cl)C1CCCN1C(=O)NC1CC1. The molecule has 3 rings (SSSR count). The van der Waals surface area contributed by atoms with E-state index in [2.05, 4.69) is 16.2 Å². The van der Waals surface area contributed by atoms with Crippen LogP contribution in [-0.4, -0.2) is 35.5 Å². The summed E-state index contributed by atoms with van der Waals surface area (Å²) in [6.45, 7) is 0.614. The Hall–Kier alpha value is -1.95. The van der Waals surface area contributed by atoms with Crippen LogP contribution in [0.25, 0.3) is 0 Å². The molecule has 1 saturated heterocycles. The van der Waals surface area contributed by atoms with E-state index in [4.69, 9.17) is 11.6 Å². The zero-order chi connectivity index (χ0) is 15.5. The van der Waals surface area contributed by atoms with E-state index in [0.717, 1.165) is 19.3 Å². The highest BCUT2D eigenvalue weighted by Gasteiger charge is 2.36. The summed E-state index contributed by atoms with van der Waals surface area (Å²) in [6.07, 6.45) is 3.57. The van der Waals surface area contributed by atoms with Crippen molar-refractivity contribution in [3.63, 3.8) is 0 Å². The Morgan fingerprint density at radius 2 is 1.95 bits per heavy atom. The molecule has 1 aromatic carbocycles. The number of hydrazine groups is 1. The summed E-state index contributed by atoms with van der Waals surface area (Å²) in [6, 6.07) is 6.86. The van der Waals surface area contributed by atoms with Crippen molar-refractivity contribution in [1.29, 1.82) is 0 Å². The van der Waals surface area contributed by atoms with Crippen molar-refractivity contribution < 1.29 is 9.59 Å². The summed E-state index contributed by atoms with van der Waals surface area (Å²) in [5.74, 6) is -0.219. The Bertz CT molecular complexity index is 576. The molecule has 0 bridgehead atoms. The first-order valence-corrected chi connectivity index (χ1v) is 7.90. The second-order valence-electron chi connectivity index (χ2n) is 5.67. The second kappa shape index (κ2) is 6.44. The van der Waals surface area contributed by atoms with Gasteiger partial charge in [0.25, 0.3) is 5.91 Å². The number of carbonyl (C=O) groups excluding carboxylic acids is 2. The van der Waals surface area contributed by atoms with Crippen LogP contribution in [0.5, 0.6) is 0 Å². The summed E-state index contributed by atoms with van der Waals surface area (Å²) >= 11 is 6.02. The molecule has 3 amide bonds. The lowest BCUT2D eigenvalue weighted by molar-refractivity contribution is -0.124. The number of benzene rings is 1. The lowest BCUT2D eigenvalue weighted by Gasteiger charge is -2.24. The Morgan fingerprint density at radius 1 is 1.18 bits per heavy atom. The largest absolute Gasteiger partial charge is 0.335 e. The molecule has 3 N–H and O–H groups in total. The van der Waals surface area contributed by atoms with Gasteiger partial charge in [-0.2, -0.15) is 0 Å². The Morgan fingerprint density at radius 3 is 2.68 bits per heavy atom. The number of carbonyl (C=O) groups is 2. The van der Waals surface area contributed by atoms with Gasteiger partial charge in [-0.3, -0.25) is 15.6 Å². The highest BCUT2D eigenvalue weighted by atomic mass is 35.5. The fourth-order valence-electron chi connectivity index (χ4n) is 2.54. The average Bonchev–Trinajstić information content (AvgIpc) is 3.18. The van der Waals surface area contributed by atoms with Gasteiger partial charge in [0.15, 0.2) is 0 Å². The molecule has 0 aromatic heterocycles. The number of urea groups is 1. The molecular formula is C15H19ClN4O2. The predicted molar refractivity (Wildman–Crippen MR) is 84.5 cm³/mol. The van der Waals surface area contributed by atoms with Crippen molar-refractivity contribution in [3.8, 4) is 0 Å². The molecule has 1 saturated carbocycles. The number of nitrogens with zero attached hydrogens (tertiary/aromatic N) is 1. The van der Waals surface area contributed by atoms with Crippen LogP contribution >= 0.6 is 11.6 Å². The van der Waals surface area contributed by atoms with Crippen molar-refractivity contribution in [3.05, 3.63) is 29.3 Å². The predicted octanol–water partition coefficient (Wildman–Crippen LogP) is 2.12.